The summed E-state index contributed by atoms with van der Waals surface area (Å²) in [5, 5.41) is 20.6. The fourth-order valence-corrected chi connectivity index (χ4v) is 2.77. The van der Waals surface area contributed by atoms with Gasteiger partial charge in [-0.1, -0.05) is 71.6 Å². The molecule has 0 radical (unpaired) electrons. The molecule has 0 spiro atoms. The average Bonchev–Trinajstić information content (AvgIpc) is 2.47. The van der Waals surface area contributed by atoms with Crippen molar-refractivity contribution in [2.75, 3.05) is 6.54 Å². The van der Waals surface area contributed by atoms with Crippen LogP contribution in [0.3, 0.4) is 0 Å². The second-order valence-corrected chi connectivity index (χ2v) is 6.03. The summed E-state index contributed by atoms with van der Waals surface area (Å²) < 4.78 is 0. The van der Waals surface area contributed by atoms with E-state index in [4.69, 9.17) is 5.11 Å². The van der Waals surface area contributed by atoms with E-state index >= 15 is 0 Å². The van der Waals surface area contributed by atoms with E-state index in [0.717, 1.165) is 32.1 Å². The van der Waals surface area contributed by atoms with Crippen LogP contribution in [0.5, 0.6) is 0 Å². The maximum atomic E-state index is 10.6. The highest BCUT2D eigenvalue weighted by Crippen LogP contribution is 2.29. The number of carboxylic acid groups (broad SMARTS) is 1. The first-order chi connectivity index (χ1) is 10.1. The first-order valence-corrected chi connectivity index (χ1v) is 8.48. The third-order valence-corrected chi connectivity index (χ3v) is 4.05. The van der Waals surface area contributed by atoms with Gasteiger partial charge in [0.1, 0.15) is 0 Å². The number of rotatable bonds is 13. The molecule has 0 rings (SSSR count). The van der Waals surface area contributed by atoms with Crippen LogP contribution >= 0.6 is 0 Å². The van der Waals surface area contributed by atoms with E-state index in [1.807, 2.05) is 6.92 Å². The largest absolute Gasteiger partial charge is 0.465 e. The molecule has 4 nitrogen and oxygen atoms in total. The summed E-state index contributed by atoms with van der Waals surface area (Å²) in [5.74, 6) is 0. The van der Waals surface area contributed by atoms with E-state index in [1.165, 1.54) is 38.5 Å². The van der Waals surface area contributed by atoms with E-state index in [2.05, 4.69) is 18.3 Å². The number of nitrogens with one attached hydrogen (secondary N) is 1. The Balaban J connectivity index is 3.96. The van der Waals surface area contributed by atoms with Crippen molar-refractivity contribution in [3.63, 3.8) is 0 Å². The summed E-state index contributed by atoms with van der Waals surface area (Å²) in [6.45, 7) is 4.52. The summed E-state index contributed by atoms with van der Waals surface area (Å²) in [6.07, 6.45) is 11.3. The van der Waals surface area contributed by atoms with Gasteiger partial charge in [0.25, 0.3) is 0 Å². The Bertz CT molecular complexity index is 312. The van der Waals surface area contributed by atoms with Gasteiger partial charge < -0.3 is 10.4 Å². The van der Waals surface area contributed by atoms with Crippen LogP contribution in [-0.4, -0.2) is 17.7 Å². The summed E-state index contributed by atoms with van der Waals surface area (Å²) in [5.41, 5.74) is -0.519. The Hall–Kier alpha value is -1.24. The molecule has 0 aliphatic heterocycles. The number of amides is 1. The van der Waals surface area contributed by atoms with Crippen LogP contribution < -0.4 is 5.32 Å². The van der Waals surface area contributed by atoms with Crippen LogP contribution in [-0.2, 0) is 0 Å². The standard InChI is InChI=1S/C17H32N2O2/c1-3-5-6-7-8-9-10-11-13-17(14-18,12-4-2)15-19-16(20)21/h19H,3-13,15H2,1-2H3,(H,20,21). The van der Waals surface area contributed by atoms with Gasteiger partial charge in [0.15, 0.2) is 0 Å². The molecule has 0 aromatic carbocycles. The normalized spacial score (nSPS) is 13.4. The van der Waals surface area contributed by atoms with Gasteiger partial charge in [-0.05, 0) is 12.8 Å². The second-order valence-electron chi connectivity index (χ2n) is 6.03. The van der Waals surface area contributed by atoms with Crippen LogP contribution in [0.2, 0.25) is 0 Å². The molecule has 0 heterocycles. The number of nitriles is 1. The highest BCUT2D eigenvalue weighted by Gasteiger charge is 2.29. The molecule has 122 valence electrons. The highest BCUT2D eigenvalue weighted by atomic mass is 16.4. The lowest BCUT2D eigenvalue weighted by molar-refractivity contribution is 0.186. The number of nitrogens with zero attached hydrogens (tertiary/aromatic N) is 1. The Morgan fingerprint density at radius 3 is 2.05 bits per heavy atom. The molecule has 21 heavy (non-hydrogen) atoms. The zero-order valence-corrected chi connectivity index (χ0v) is 13.8. The lowest BCUT2D eigenvalue weighted by Crippen LogP contribution is -2.36. The van der Waals surface area contributed by atoms with Gasteiger partial charge in [-0.3, -0.25) is 0 Å². The number of unbranched alkanes of at least 4 members (excludes halogenated alkanes) is 7. The van der Waals surface area contributed by atoms with E-state index < -0.39 is 11.5 Å². The number of hydrogen-bond acceptors (Lipinski definition) is 2. The van der Waals surface area contributed by atoms with Gasteiger partial charge in [-0.25, -0.2) is 4.79 Å². The van der Waals surface area contributed by atoms with Crippen LogP contribution in [0.4, 0.5) is 4.79 Å². The van der Waals surface area contributed by atoms with Crippen LogP contribution in [0, 0.1) is 16.7 Å². The van der Waals surface area contributed by atoms with Crippen molar-refractivity contribution in [2.24, 2.45) is 5.41 Å². The molecule has 0 fully saturated rings. The van der Waals surface area contributed by atoms with Crippen molar-refractivity contribution >= 4 is 6.09 Å². The zero-order valence-electron chi connectivity index (χ0n) is 13.8. The van der Waals surface area contributed by atoms with Gasteiger partial charge in [0.05, 0.1) is 11.5 Å². The Morgan fingerprint density at radius 2 is 1.57 bits per heavy atom. The van der Waals surface area contributed by atoms with E-state index in [-0.39, 0.29) is 6.54 Å². The van der Waals surface area contributed by atoms with Crippen molar-refractivity contribution in [3.8, 4) is 6.07 Å². The second kappa shape index (κ2) is 12.5. The number of carbonyl (C=O) groups is 1. The van der Waals surface area contributed by atoms with Crippen molar-refractivity contribution in [1.82, 2.24) is 5.32 Å². The van der Waals surface area contributed by atoms with E-state index in [9.17, 15) is 10.1 Å². The third-order valence-electron chi connectivity index (χ3n) is 4.05. The van der Waals surface area contributed by atoms with Gasteiger partial charge in [-0.15, -0.1) is 0 Å². The SMILES string of the molecule is CCCCCCCCCCC(C#N)(CCC)CNC(=O)O. The molecule has 1 atom stereocenters. The lowest BCUT2D eigenvalue weighted by Gasteiger charge is -2.26. The molecule has 0 bridgehead atoms. The molecular weight excluding hydrogens is 264 g/mol. The van der Waals surface area contributed by atoms with Crippen LogP contribution in [0.15, 0.2) is 0 Å². The van der Waals surface area contributed by atoms with Gasteiger partial charge >= 0.3 is 6.09 Å². The molecule has 0 saturated carbocycles. The summed E-state index contributed by atoms with van der Waals surface area (Å²) in [4.78, 5) is 10.6. The zero-order chi connectivity index (χ0) is 16.0. The summed E-state index contributed by atoms with van der Waals surface area (Å²) >= 11 is 0. The topological polar surface area (TPSA) is 73.1 Å². The molecule has 0 aliphatic rings. The van der Waals surface area contributed by atoms with Gasteiger partial charge in [-0.2, -0.15) is 5.26 Å². The monoisotopic (exact) mass is 296 g/mol. The minimum Gasteiger partial charge on any atom is -0.465 e. The Labute approximate surface area is 129 Å². The number of hydrogen-bond donors (Lipinski definition) is 2. The fourth-order valence-electron chi connectivity index (χ4n) is 2.77. The summed E-state index contributed by atoms with van der Waals surface area (Å²) in [7, 11) is 0. The van der Waals surface area contributed by atoms with Crippen LogP contribution in [0.1, 0.15) is 84.5 Å². The predicted octanol–water partition coefficient (Wildman–Crippen LogP) is 5.09. The lowest BCUT2D eigenvalue weighted by atomic mass is 9.80. The van der Waals surface area contributed by atoms with Crippen molar-refractivity contribution in [1.29, 1.82) is 5.26 Å². The third kappa shape index (κ3) is 10.2. The van der Waals surface area contributed by atoms with Crippen molar-refractivity contribution < 1.29 is 9.90 Å². The minimum atomic E-state index is -1.04. The predicted molar refractivity (Wildman–Crippen MR) is 86.2 cm³/mol. The first-order valence-electron chi connectivity index (χ1n) is 8.48. The maximum absolute atomic E-state index is 10.6. The first kappa shape index (κ1) is 19.8. The maximum Gasteiger partial charge on any atom is 0.404 e. The van der Waals surface area contributed by atoms with Gasteiger partial charge in [0, 0.05) is 6.54 Å². The molecule has 2 N–H and O–H groups in total. The van der Waals surface area contributed by atoms with Crippen molar-refractivity contribution in [2.45, 2.75) is 84.5 Å². The molecule has 4 heteroatoms. The molecule has 0 saturated heterocycles. The van der Waals surface area contributed by atoms with Gasteiger partial charge in [0.2, 0.25) is 0 Å². The molecule has 1 amide bonds. The van der Waals surface area contributed by atoms with E-state index in [1.54, 1.807) is 0 Å². The smallest absolute Gasteiger partial charge is 0.404 e. The Kier molecular flexibility index (Phi) is 11.8. The quantitative estimate of drug-likeness (QED) is 0.465. The molecule has 1 unspecified atom stereocenters. The minimum absolute atomic E-state index is 0.253. The van der Waals surface area contributed by atoms with Crippen molar-refractivity contribution in [3.05, 3.63) is 0 Å². The molecular formula is C17H32N2O2. The highest BCUT2D eigenvalue weighted by molar-refractivity contribution is 5.64. The summed E-state index contributed by atoms with van der Waals surface area (Å²) in [6, 6.07) is 2.36. The molecule has 0 aromatic rings. The Morgan fingerprint density at radius 1 is 1.00 bits per heavy atom. The van der Waals surface area contributed by atoms with Crippen LogP contribution in [0.25, 0.3) is 0 Å². The fraction of sp³-hybridized carbons (Fsp3) is 0.882. The van der Waals surface area contributed by atoms with E-state index in [0.29, 0.717) is 0 Å². The molecule has 0 aromatic heterocycles. The molecule has 0 aliphatic carbocycles. The average molecular weight is 296 g/mol.